The first-order valence-electron chi connectivity index (χ1n) is 8.87. The van der Waals surface area contributed by atoms with Crippen molar-refractivity contribution in [3.63, 3.8) is 0 Å². The molecule has 0 aliphatic carbocycles. The minimum atomic E-state index is -0.390. The molecular weight excluding hydrogens is 378 g/mol. The van der Waals surface area contributed by atoms with Gasteiger partial charge in [-0.1, -0.05) is 35.9 Å². The average Bonchev–Trinajstić information content (AvgIpc) is 3.00. The Kier molecular flexibility index (Phi) is 4.83. The molecular formula is C20H18ClN5O2. The van der Waals surface area contributed by atoms with Gasteiger partial charge in [0.2, 0.25) is 5.91 Å². The topological polar surface area (TPSA) is 81.3 Å². The zero-order chi connectivity index (χ0) is 19.7. The zero-order valence-electron chi connectivity index (χ0n) is 15.2. The molecule has 2 aromatic carbocycles. The smallest absolute Gasteiger partial charge is 0.352 e. The SMILES string of the molecule is Cc1cccc2c1ncn1c(=O)n(CC(=O)NCCc3ccc(Cl)cc3)nc21. The summed E-state index contributed by atoms with van der Waals surface area (Å²) in [6.45, 7) is 2.27. The van der Waals surface area contributed by atoms with E-state index in [0.717, 1.165) is 26.7 Å². The first-order valence-corrected chi connectivity index (χ1v) is 9.25. The van der Waals surface area contributed by atoms with Gasteiger partial charge < -0.3 is 5.32 Å². The van der Waals surface area contributed by atoms with Gasteiger partial charge in [-0.2, -0.15) is 0 Å². The Morgan fingerprint density at radius 1 is 1.18 bits per heavy atom. The molecule has 142 valence electrons. The number of fused-ring (bicyclic) bond motifs is 3. The van der Waals surface area contributed by atoms with Crippen LogP contribution in [0, 0.1) is 6.92 Å². The van der Waals surface area contributed by atoms with Crippen LogP contribution in [-0.4, -0.2) is 31.6 Å². The first-order chi connectivity index (χ1) is 13.5. The summed E-state index contributed by atoms with van der Waals surface area (Å²) in [5.41, 5.74) is 2.97. The van der Waals surface area contributed by atoms with E-state index >= 15 is 0 Å². The summed E-state index contributed by atoms with van der Waals surface area (Å²) >= 11 is 5.86. The summed E-state index contributed by atoms with van der Waals surface area (Å²) in [4.78, 5) is 29.1. The van der Waals surface area contributed by atoms with E-state index < -0.39 is 5.69 Å². The molecule has 0 fully saturated rings. The fourth-order valence-corrected chi connectivity index (χ4v) is 3.25. The van der Waals surface area contributed by atoms with Crippen molar-refractivity contribution in [2.45, 2.75) is 19.9 Å². The molecule has 2 heterocycles. The lowest BCUT2D eigenvalue weighted by molar-refractivity contribution is -0.121. The van der Waals surface area contributed by atoms with Gasteiger partial charge in [-0.05, 0) is 42.7 Å². The fourth-order valence-electron chi connectivity index (χ4n) is 3.13. The number of rotatable bonds is 5. The number of carbonyl (C=O) groups excluding carboxylic acids is 1. The number of benzene rings is 2. The first kappa shape index (κ1) is 18.2. The van der Waals surface area contributed by atoms with E-state index in [-0.39, 0.29) is 12.5 Å². The van der Waals surface area contributed by atoms with Crippen LogP contribution in [0.1, 0.15) is 11.1 Å². The van der Waals surface area contributed by atoms with Crippen molar-refractivity contribution < 1.29 is 4.79 Å². The van der Waals surface area contributed by atoms with Crippen LogP contribution in [0.15, 0.2) is 53.6 Å². The van der Waals surface area contributed by atoms with E-state index in [1.54, 1.807) is 0 Å². The Morgan fingerprint density at radius 2 is 1.96 bits per heavy atom. The van der Waals surface area contributed by atoms with Gasteiger partial charge in [0, 0.05) is 17.0 Å². The number of carbonyl (C=O) groups is 1. The largest absolute Gasteiger partial charge is 0.354 e. The second-order valence-electron chi connectivity index (χ2n) is 6.58. The van der Waals surface area contributed by atoms with Crippen LogP contribution >= 0.6 is 11.6 Å². The lowest BCUT2D eigenvalue weighted by Crippen LogP contribution is -2.33. The molecule has 0 spiro atoms. The van der Waals surface area contributed by atoms with Crippen molar-refractivity contribution in [2.24, 2.45) is 0 Å². The van der Waals surface area contributed by atoms with E-state index in [0.29, 0.717) is 23.6 Å². The summed E-state index contributed by atoms with van der Waals surface area (Å²) in [5, 5.41) is 8.62. The van der Waals surface area contributed by atoms with Gasteiger partial charge in [0.05, 0.1) is 5.52 Å². The molecule has 0 radical (unpaired) electrons. The second kappa shape index (κ2) is 7.44. The molecule has 1 N–H and O–H groups in total. The molecule has 8 heteroatoms. The highest BCUT2D eigenvalue weighted by Crippen LogP contribution is 2.18. The Bertz CT molecular complexity index is 1230. The molecule has 2 aromatic heterocycles. The van der Waals surface area contributed by atoms with Gasteiger partial charge in [-0.3, -0.25) is 4.79 Å². The highest BCUT2D eigenvalue weighted by atomic mass is 35.5. The van der Waals surface area contributed by atoms with Gasteiger partial charge >= 0.3 is 5.69 Å². The van der Waals surface area contributed by atoms with E-state index in [9.17, 15) is 9.59 Å². The van der Waals surface area contributed by atoms with E-state index in [4.69, 9.17) is 11.6 Å². The van der Waals surface area contributed by atoms with Crippen molar-refractivity contribution in [2.75, 3.05) is 6.54 Å². The maximum Gasteiger partial charge on any atom is 0.352 e. The third-order valence-corrected chi connectivity index (χ3v) is 4.85. The number of hydrogen-bond donors (Lipinski definition) is 1. The van der Waals surface area contributed by atoms with Gasteiger partial charge in [-0.15, -0.1) is 5.10 Å². The standard InChI is InChI=1S/C20H18ClN5O2/c1-13-3-2-4-16-18(13)23-12-25-19(16)24-26(20(25)28)11-17(27)22-10-9-14-5-7-15(21)8-6-14/h2-8,12H,9-11H2,1H3,(H,22,27). The maximum atomic E-state index is 12.6. The van der Waals surface area contributed by atoms with Crippen molar-refractivity contribution in [1.82, 2.24) is 24.5 Å². The van der Waals surface area contributed by atoms with E-state index in [2.05, 4.69) is 15.4 Å². The van der Waals surface area contributed by atoms with Crippen molar-refractivity contribution in [3.05, 3.63) is 75.4 Å². The predicted molar refractivity (Wildman–Crippen MR) is 108 cm³/mol. The van der Waals surface area contributed by atoms with Crippen LogP contribution in [0.2, 0.25) is 5.02 Å². The molecule has 0 saturated carbocycles. The van der Waals surface area contributed by atoms with Gasteiger partial charge in [0.1, 0.15) is 12.9 Å². The average molecular weight is 396 g/mol. The molecule has 0 bridgehead atoms. The molecule has 0 aliphatic rings. The van der Waals surface area contributed by atoms with Crippen LogP contribution in [0.5, 0.6) is 0 Å². The summed E-state index contributed by atoms with van der Waals surface area (Å²) < 4.78 is 2.53. The highest BCUT2D eigenvalue weighted by molar-refractivity contribution is 6.30. The summed E-state index contributed by atoms with van der Waals surface area (Å²) in [6.07, 6.45) is 2.13. The normalized spacial score (nSPS) is 11.2. The van der Waals surface area contributed by atoms with Crippen molar-refractivity contribution >= 4 is 34.1 Å². The molecule has 0 aliphatic heterocycles. The van der Waals surface area contributed by atoms with Gasteiger partial charge in [0.25, 0.3) is 0 Å². The molecule has 28 heavy (non-hydrogen) atoms. The number of nitrogens with zero attached hydrogens (tertiary/aromatic N) is 4. The monoisotopic (exact) mass is 395 g/mol. The number of aryl methyl sites for hydroxylation is 1. The maximum absolute atomic E-state index is 12.6. The number of hydrogen-bond acceptors (Lipinski definition) is 4. The number of para-hydroxylation sites is 1. The molecule has 0 saturated heterocycles. The molecule has 4 aromatic rings. The molecule has 0 atom stereocenters. The highest BCUT2D eigenvalue weighted by Gasteiger charge is 2.14. The summed E-state index contributed by atoms with van der Waals surface area (Å²) in [6, 6.07) is 13.2. The molecule has 7 nitrogen and oxygen atoms in total. The zero-order valence-corrected chi connectivity index (χ0v) is 16.0. The number of amides is 1. The molecule has 1 amide bonds. The molecule has 0 unspecified atom stereocenters. The Morgan fingerprint density at radius 3 is 2.75 bits per heavy atom. The van der Waals surface area contributed by atoms with Crippen LogP contribution < -0.4 is 11.0 Å². The van der Waals surface area contributed by atoms with Crippen molar-refractivity contribution in [1.29, 1.82) is 0 Å². The van der Waals surface area contributed by atoms with Crippen LogP contribution in [0.25, 0.3) is 16.6 Å². The van der Waals surface area contributed by atoms with E-state index in [1.807, 2.05) is 49.4 Å². The second-order valence-corrected chi connectivity index (χ2v) is 7.01. The van der Waals surface area contributed by atoms with Crippen LogP contribution in [-0.2, 0) is 17.8 Å². The van der Waals surface area contributed by atoms with Crippen LogP contribution in [0.4, 0.5) is 0 Å². The Labute approximate surface area is 165 Å². The lowest BCUT2D eigenvalue weighted by atomic mass is 10.1. The number of aromatic nitrogens is 4. The third kappa shape index (κ3) is 3.48. The fraction of sp³-hybridized carbons (Fsp3) is 0.200. The quantitative estimate of drug-likeness (QED) is 0.562. The Hall–Kier alpha value is -3.19. The molecule has 4 rings (SSSR count). The van der Waals surface area contributed by atoms with E-state index in [1.165, 1.54) is 10.7 Å². The van der Waals surface area contributed by atoms with Gasteiger partial charge in [0.15, 0.2) is 5.65 Å². The van der Waals surface area contributed by atoms with Gasteiger partial charge in [-0.25, -0.2) is 18.9 Å². The lowest BCUT2D eigenvalue weighted by Gasteiger charge is -2.05. The van der Waals surface area contributed by atoms with Crippen molar-refractivity contribution in [3.8, 4) is 0 Å². The predicted octanol–water partition coefficient (Wildman–Crippen LogP) is 2.36. The Balaban J connectivity index is 1.49. The summed E-state index contributed by atoms with van der Waals surface area (Å²) in [7, 11) is 0. The number of nitrogens with one attached hydrogen (secondary N) is 1. The summed E-state index contributed by atoms with van der Waals surface area (Å²) in [5.74, 6) is -0.270. The minimum Gasteiger partial charge on any atom is -0.354 e. The van der Waals surface area contributed by atoms with Crippen LogP contribution in [0.3, 0.4) is 0 Å². The minimum absolute atomic E-state index is 0.144. The number of halogens is 1. The third-order valence-electron chi connectivity index (χ3n) is 4.59.